The first-order chi connectivity index (χ1) is 12.3. The van der Waals surface area contributed by atoms with Gasteiger partial charge in [0.1, 0.15) is 5.92 Å². The molecule has 1 aromatic carbocycles. The molecule has 2 aromatic rings. The fourth-order valence-corrected chi connectivity index (χ4v) is 5.51. The lowest BCUT2D eigenvalue weighted by atomic mass is 9.93. The maximum absolute atomic E-state index is 13.1. The first-order valence-electron chi connectivity index (χ1n) is 8.45. The van der Waals surface area contributed by atoms with Crippen LogP contribution in [0.5, 0.6) is 0 Å². The lowest BCUT2D eigenvalue weighted by Gasteiger charge is -2.19. The number of hydrogen-bond donors (Lipinski definition) is 0. The van der Waals surface area contributed by atoms with Gasteiger partial charge in [-0.1, -0.05) is 18.2 Å². The van der Waals surface area contributed by atoms with Gasteiger partial charge in [0.15, 0.2) is 15.6 Å². The van der Waals surface area contributed by atoms with Crippen LogP contribution < -0.4 is 0 Å². The highest BCUT2D eigenvalue weighted by Crippen LogP contribution is 2.29. The summed E-state index contributed by atoms with van der Waals surface area (Å²) in [5.41, 5.74) is 1.81. The Morgan fingerprint density at radius 1 is 1.27 bits per heavy atom. The Bertz CT molecular complexity index is 1070. The highest BCUT2D eigenvalue weighted by Gasteiger charge is 2.45. The van der Waals surface area contributed by atoms with Gasteiger partial charge in [-0.2, -0.15) is 5.10 Å². The molecule has 1 fully saturated rings. The van der Waals surface area contributed by atoms with Crippen molar-refractivity contribution in [3.05, 3.63) is 36.0 Å². The molecule has 1 amide bonds. The fourth-order valence-electron chi connectivity index (χ4n) is 3.81. The third kappa shape index (κ3) is 2.56. The predicted octanol–water partition coefficient (Wildman–Crippen LogP) is 1.38. The number of aromatic nitrogens is 1. The quantitative estimate of drug-likeness (QED) is 0.601. The van der Waals surface area contributed by atoms with Gasteiger partial charge < -0.3 is 4.57 Å². The summed E-state index contributed by atoms with van der Waals surface area (Å²) in [6.45, 7) is 1.65. The first kappa shape index (κ1) is 17.0. The molecule has 0 radical (unpaired) electrons. The maximum Gasteiger partial charge on any atom is 0.259 e. The average Bonchev–Trinajstić information content (AvgIpc) is 3.21. The van der Waals surface area contributed by atoms with Crippen molar-refractivity contribution in [3.8, 4) is 0 Å². The first-order valence-corrected chi connectivity index (χ1v) is 10.3. The summed E-state index contributed by atoms with van der Waals surface area (Å²) in [6.07, 6.45) is 2.09. The number of amides is 1. The molecule has 4 rings (SSSR count). The number of fused-ring (bicyclic) bond motifs is 1. The van der Waals surface area contributed by atoms with Crippen molar-refractivity contribution in [2.75, 3.05) is 11.5 Å². The number of Topliss-reactive ketones (excluding diaryl/α,β-unsaturated/α-hetero) is 1. The maximum atomic E-state index is 13.1. The van der Waals surface area contributed by atoms with E-state index in [9.17, 15) is 18.0 Å². The Balaban J connectivity index is 1.67. The second-order valence-corrected chi connectivity index (χ2v) is 9.18. The van der Waals surface area contributed by atoms with Crippen LogP contribution in [0.2, 0.25) is 0 Å². The Morgan fingerprint density at radius 3 is 2.69 bits per heavy atom. The molecule has 0 spiro atoms. The van der Waals surface area contributed by atoms with E-state index in [4.69, 9.17) is 0 Å². The molecule has 1 saturated heterocycles. The normalized spacial score (nSPS) is 25.1. The minimum atomic E-state index is -3.14. The zero-order valence-electron chi connectivity index (χ0n) is 14.5. The van der Waals surface area contributed by atoms with E-state index >= 15 is 0 Å². The van der Waals surface area contributed by atoms with Gasteiger partial charge in [0, 0.05) is 29.7 Å². The van der Waals surface area contributed by atoms with Crippen LogP contribution in [0.4, 0.5) is 0 Å². The number of benzene rings is 1. The number of aryl methyl sites for hydroxylation is 1. The number of hydrogen-bond acceptors (Lipinski definition) is 5. The molecule has 0 aliphatic carbocycles. The number of carbonyl (C=O) groups excluding carboxylic acids is 2. The van der Waals surface area contributed by atoms with Gasteiger partial charge in [0.25, 0.3) is 5.91 Å². The van der Waals surface area contributed by atoms with Crippen molar-refractivity contribution in [2.24, 2.45) is 18.1 Å². The molecule has 0 saturated carbocycles. The SMILES string of the molecule is CC1=NN(C2CCS(=O)(=O)C2)C(=O)C1C(=O)c1cn(C)c2ccccc12. The number of carbonyl (C=O) groups is 2. The zero-order chi connectivity index (χ0) is 18.6. The predicted molar refractivity (Wildman–Crippen MR) is 97.8 cm³/mol. The molecule has 0 bridgehead atoms. The van der Waals surface area contributed by atoms with Crippen molar-refractivity contribution < 1.29 is 18.0 Å². The third-order valence-electron chi connectivity index (χ3n) is 5.13. The summed E-state index contributed by atoms with van der Waals surface area (Å²) in [5, 5.41) is 6.25. The van der Waals surface area contributed by atoms with Crippen LogP contribution in [0.15, 0.2) is 35.6 Å². The highest BCUT2D eigenvalue weighted by atomic mass is 32.2. The minimum Gasteiger partial charge on any atom is -0.350 e. The summed E-state index contributed by atoms with van der Waals surface area (Å²) >= 11 is 0. The molecule has 2 aliphatic heterocycles. The van der Waals surface area contributed by atoms with Crippen molar-refractivity contribution in [3.63, 3.8) is 0 Å². The van der Waals surface area contributed by atoms with Crippen LogP contribution >= 0.6 is 0 Å². The second kappa shape index (κ2) is 5.77. The van der Waals surface area contributed by atoms with Gasteiger partial charge >= 0.3 is 0 Å². The van der Waals surface area contributed by atoms with E-state index < -0.39 is 27.7 Å². The standard InChI is InChI=1S/C18H19N3O4S/c1-11-16(18(23)21(19-11)12-7-8-26(24,25)10-12)17(22)14-9-20(2)15-6-4-3-5-13(14)15/h3-6,9,12,16H,7-8,10H2,1-2H3. The molecule has 136 valence electrons. The molecule has 26 heavy (non-hydrogen) atoms. The summed E-state index contributed by atoms with van der Waals surface area (Å²) in [5.74, 6) is -1.74. The number of hydrazone groups is 1. The minimum absolute atomic E-state index is 0.0535. The molecule has 1 aromatic heterocycles. The number of nitrogens with zero attached hydrogens (tertiary/aromatic N) is 3. The third-order valence-corrected chi connectivity index (χ3v) is 6.89. The molecular formula is C18H19N3O4S. The molecular weight excluding hydrogens is 354 g/mol. The van der Waals surface area contributed by atoms with Crippen LogP contribution in [0.1, 0.15) is 23.7 Å². The molecule has 2 unspecified atom stereocenters. The average molecular weight is 373 g/mol. The lowest BCUT2D eigenvalue weighted by Crippen LogP contribution is -2.39. The summed E-state index contributed by atoms with van der Waals surface area (Å²) in [7, 11) is -1.29. The van der Waals surface area contributed by atoms with E-state index in [1.165, 1.54) is 5.01 Å². The van der Waals surface area contributed by atoms with Crippen molar-refractivity contribution in [1.29, 1.82) is 0 Å². The summed E-state index contributed by atoms with van der Waals surface area (Å²) in [4.78, 5) is 26.0. The van der Waals surface area contributed by atoms with E-state index in [2.05, 4.69) is 5.10 Å². The van der Waals surface area contributed by atoms with Crippen molar-refractivity contribution in [1.82, 2.24) is 9.58 Å². The summed E-state index contributed by atoms with van der Waals surface area (Å²) in [6, 6.07) is 7.04. The molecule has 2 atom stereocenters. The smallest absolute Gasteiger partial charge is 0.259 e. The number of ketones is 1. The molecule has 8 heteroatoms. The Morgan fingerprint density at radius 2 is 2.00 bits per heavy atom. The Hall–Kier alpha value is -2.48. The lowest BCUT2D eigenvalue weighted by molar-refractivity contribution is -0.132. The topological polar surface area (TPSA) is 88.8 Å². The molecule has 0 N–H and O–H groups in total. The van der Waals surface area contributed by atoms with Gasteiger partial charge in [-0.05, 0) is 19.4 Å². The van der Waals surface area contributed by atoms with E-state index in [1.54, 1.807) is 13.1 Å². The van der Waals surface area contributed by atoms with Gasteiger partial charge in [-0.25, -0.2) is 13.4 Å². The van der Waals surface area contributed by atoms with Gasteiger partial charge in [-0.15, -0.1) is 0 Å². The molecule has 7 nitrogen and oxygen atoms in total. The molecule has 3 heterocycles. The van der Waals surface area contributed by atoms with E-state index in [0.29, 0.717) is 17.7 Å². The van der Waals surface area contributed by atoms with Crippen LogP contribution in [0.3, 0.4) is 0 Å². The van der Waals surface area contributed by atoms with E-state index in [-0.39, 0.29) is 17.3 Å². The van der Waals surface area contributed by atoms with Gasteiger partial charge in [0.2, 0.25) is 0 Å². The van der Waals surface area contributed by atoms with Gasteiger partial charge in [-0.3, -0.25) is 9.59 Å². The largest absolute Gasteiger partial charge is 0.350 e. The fraction of sp³-hybridized carbons (Fsp3) is 0.389. The second-order valence-electron chi connectivity index (χ2n) is 6.95. The summed E-state index contributed by atoms with van der Waals surface area (Å²) < 4.78 is 25.3. The van der Waals surface area contributed by atoms with Crippen LogP contribution in [0, 0.1) is 5.92 Å². The monoisotopic (exact) mass is 373 g/mol. The van der Waals surface area contributed by atoms with Crippen LogP contribution in [-0.2, 0) is 21.7 Å². The van der Waals surface area contributed by atoms with Crippen LogP contribution in [-0.4, -0.2) is 52.9 Å². The highest BCUT2D eigenvalue weighted by molar-refractivity contribution is 7.91. The number of rotatable bonds is 3. The van der Waals surface area contributed by atoms with E-state index in [1.807, 2.05) is 35.9 Å². The Kier molecular flexibility index (Phi) is 3.76. The van der Waals surface area contributed by atoms with E-state index in [0.717, 1.165) is 10.9 Å². The van der Waals surface area contributed by atoms with Crippen molar-refractivity contribution in [2.45, 2.75) is 19.4 Å². The van der Waals surface area contributed by atoms with Gasteiger partial charge in [0.05, 0.1) is 23.3 Å². The Labute approximate surface area is 151 Å². The van der Waals surface area contributed by atoms with Crippen molar-refractivity contribution >= 4 is 38.1 Å². The zero-order valence-corrected chi connectivity index (χ0v) is 15.4. The molecule has 2 aliphatic rings. The van der Waals surface area contributed by atoms with Crippen LogP contribution in [0.25, 0.3) is 10.9 Å². The number of sulfone groups is 1. The number of para-hydroxylation sites is 1.